The Kier molecular flexibility index (Phi) is 63.4. The van der Waals surface area contributed by atoms with E-state index < -0.39 is 97.5 Å². The van der Waals surface area contributed by atoms with Crippen molar-refractivity contribution in [2.75, 3.05) is 39.6 Å². The second-order valence-corrected chi connectivity index (χ2v) is 30.8. The molecule has 19 heteroatoms. The Balaban J connectivity index is 5.27. The Morgan fingerprint density at radius 3 is 0.817 bits per heavy atom. The van der Waals surface area contributed by atoms with Crippen LogP contribution in [0.2, 0.25) is 0 Å². The maximum atomic E-state index is 13.1. The normalized spacial score (nSPS) is 14.4. The van der Waals surface area contributed by atoms with Gasteiger partial charge in [-0.2, -0.15) is 0 Å². The van der Waals surface area contributed by atoms with Gasteiger partial charge in [-0.05, 0) is 43.4 Å². The van der Waals surface area contributed by atoms with Gasteiger partial charge in [0.1, 0.15) is 19.3 Å². The number of phosphoric acid groups is 2. The van der Waals surface area contributed by atoms with Crippen molar-refractivity contribution < 1.29 is 80.2 Å². The Bertz CT molecular complexity index is 1820. The molecule has 0 spiro atoms. The van der Waals surface area contributed by atoms with E-state index in [-0.39, 0.29) is 25.7 Å². The molecular formula is C74H144O17P2. The number of carbonyl (C=O) groups excluding carboxylic acids is 4. The number of esters is 4. The predicted molar refractivity (Wildman–Crippen MR) is 377 cm³/mol. The van der Waals surface area contributed by atoms with Gasteiger partial charge in [0, 0.05) is 25.7 Å². The van der Waals surface area contributed by atoms with Crippen molar-refractivity contribution in [1.82, 2.24) is 0 Å². The number of rotatable bonds is 72. The standard InChI is InChI=1S/C74H144O17P2/c1-8-10-11-12-13-14-15-16-19-28-36-43-50-57-73(78)90-70(62-85-72(77)56-49-42-35-30-23-25-32-39-46-53-66(5)6)64-89-93(82,83)87-60-68(75)59-86-92(80,81)88-63-69(91-74(79)58-51-44-37-29-20-17-18-24-31-38-45-52-65(3)4)61-84-71(76)55-48-41-34-27-22-21-26-33-40-47-54-67(7)9-2/h65-70,75H,8-64H2,1-7H3,(H,80,81)(H,82,83)/t67?,68-,69-,70-/m1/s1. The van der Waals surface area contributed by atoms with Crippen LogP contribution in [0.15, 0.2) is 0 Å². The highest BCUT2D eigenvalue weighted by molar-refractivity contribution is 7.47. The first-order valence-corrected chi connectivity index (χ1v) is 41.4. The van der Waals surface area contributed by atoms with E-state index in [4.69, 9.17) is 37.0 Å². The maximum Gasteiger partial charge on any atom is 0.472 e. The Morgan fingerprint density at radius 1 is 0.312 bits per heavy atom. The summed E-state index contributed by atoms with van der Waals surface area (Å²) in [7, 11) is -9.91. The third-order valence-corrected chi connectivity index (χ3v) is 19.4. The summed E-state index contributed by atoms with van der Waals surface area (Å²) in [5.41, 5.74) is 0. The summed E-state index contributed by atoms with van der Waals surface area (Å²) in [6.07, 6.45) is 49.7. The number of aliphatic hydroxyl groups excluding tert-OH is 1. The lowest BCUT2D eigenvalue weighted by Crippen LogP contribution is -2.30. The fraction of sp³-hybridized carbons (Fsp3) is 0.946. The third-order valence-electron chi connectivity index (χ3n) is 17.5. The van der Waals surface area contributed by atoms with E-state index in [1.54, 1.807) is 0 Å². The molecule has 17 nitrogen and oxygen atoms in total. The van der Waals surface area contributed by atoms with Crippen molar-refractivity contribution in [3.8, 4) is 0 Å². The van der Waals surface area contributed by atoms with Gasteiger partial charge in [-0.25, -0.2) is 9.13 Å². The second kappa shape index (κ2) is 64.7. The molecule has 0 heterocycles. The van der Waals surface area contributed by atoms with Gasteiger partial charge in [-0.3, -0.25) is 37.3 Å². The molecule has 0 aromatic heterocycles. The number of hydrogen-bond acceptors (Lipinski definition) is 15. The van der Waals surface area contributed by atoms with Crippen molar-refractivity contribution in [3.63, 3.8) is 0 Å². The number of aliphatic hydroxyl groups is 1. The van der Waals surface area contributed by atoms with Crippen LogP contribution in [0.1, 0.15) is 376 Å². The molecule has 0 saturated heterocycles. The molecule has 0 rings (SSSR count). The van der Waals surface area contributed by atoms with Gasteiger partial charge in [0.25, 0.3) is 0 Å². The Hall–Kier alpha value is -1.94. The van der Waals surface area contributed by atoms with Crippen LogP contribution in [-0.2, 0) is 65.4 Å². The zero-order valence-electron chi connectivity index (χ0n) is 60.7. The fourth-order valence-corrected chi connectivity index (χ4v) is 12.8. The van der Waals surface area contributed by atoms with Gasteiger partial charge in [0.15, 0.2) is 12.2 Å². The second-order valence-electron chi connectivity index (χ2n) is 27.9. The first kappa shape index (κ1) is 91.1. The molecule has 0 aliphatic heterocycles. The summed E-state index contributed by atoms with van der Waals surface area (Å²) < 4.78 is 68.5. The minimum atomic E-state index is -4.96. The molecule has 552 valence electrons. The van der Waals surface area contributed by atoms with Crippen LogP contribution in [0.3, 0.4) is 0 Å². The average Bonchev–Trinajstić information content (AvgIpc) is 3.49. The Labute approximate surface area is 568 Å². The lowest BCUT2D eigenvalue weighted by atomic mass is 9.99. The van der Waals surface area contributed by atoms with E-state index in [9.17, 15) is 43.2 Å². The molecule has 0 saturated carbocycles. The molecule has 6 atom stereocenters. The third kappa shape index (κ3) is 67.0. The largest absolute Gasteiger partial charge is 0.472 e. The lowest BCUT2D eigenvalue weighted by molar-refractivity contribution is -0.161. The first-order valence-electron chi connectivity index (χ1n) is 38.4. The van der Waals surface area contributed by atoms with E-state index in [1.165, 1.54) is 186 Å². The zero-order valence-corrected chi connectivity index (χ0v) is 62.5. The molecule has 3 unspecified atom stereocenters. The minimum absolute atomic E-state index is 0.106. The van der Waals surface area contributed by atoms with E-state index >= 15 is 0 Å². The highest BCUT2D eigenvalue weighted by Gasteiger charge is 2.30. The van der Waals surface area contributed by atoms with Gasteiger partial charge in [-0.1, -0.05) is 325 Å². The highest BCUT2D eigenvalue weighted by atomic mass is 31.2. The first-order chi connectivity index (χ1) is 44.8. The van der Waals surface area contributed by atoms with Crippen molar-refractivity contribution in [3.05, 3.63) is 0 Å². The molecule has 3 N–H and O–H groups in total. The van der Waals surface area contributed by atoms with Crippen LogP contribution in [0.5, 0.6) is 0 Å². The summed E-state index contributed by atoms with van der Waals surface area (Å²) in [5.74, 6) is 0.200. The van der Waals surface area contributed by atoms with Crippen LogP contribution in [-0.4, -0.2) is 96.7 Å². The summed E-state index contributed by atoms with van der Waals surface area (Å²) >= 11 is 0. The van der Waals surface area contributed by atoms with Crippen molar-refractivity contribution >= 4 is 39.5 Å². The number of hydrogen-bond donors (Lipinski definition) is 3. The van der Waals surface area contributed by atoms with Gasteiger partial charge in [-0.15, -0.1) is 0 Å². The molecule has 93 heavy (non-hydrogen) atoms. The summed E-state index contributed by atoms with van der Waals surface area (Å²) in [4.78, 5) is 72.8. The van der Waals surface area contributed by atoms with E-state index in [0.29, 0.717) is 25.7 Å². The highest BCUT2D eigenvalue weighted by Crippen LogP contribution is 2.45. The van der Waals surface area contributed by atoms with E-state index in [2.05, 4.69) is 48.5 Å². The molecule has 0 aliphatic rings. The zero-order chi connectivity index (χ0) is 68.7. The fourth-order valence-electron chi connectivity index (χ4n) is 11.2. The monoisotopic (exact) mass is 1370 g/mol. The van der Waals surface area contributed by atoms with Crippen LogP contribution in [0, 0.1) is 17.8 Å². The summed E-state index contributed by atoms with van der Waals surface area (Å²) in [6, 6.07) is 0. The van der Waals surface area contributed by atoms with Gasteiger partial charge < -0.3 is 33.8 Å². The Morgan fingerprint density at radius 2 is 0.548 bits per heavy atom. The molecule has 0 radical (unpaired) electrons. The molecule has 0 aliphatic carbocycles. The number of phosphoric ester groups is 2. The molecule has 0 aromatic carbocycles. The van der Waals surface area contributed by atoms with Crippen molar-refractivity contribution in [1.29, 1.82) is 0 Å². The van der Waals surface area contributed by atoms with Crippen molar-refractivity contribution in [2.24, 2.45) is 17.8 Å². The summed E-state index contributed by atoms with van der Waals surface area (Å²) in [5, 5.41) is 10.6. The van der Waals surface area contributed by atoms with E-state index in [1.807, 2.05) is 0 Å². The predicted octanol–water partition coefficient (Wildman–Crippen LogP) is 21.4. The smallest absolute Gasteiger partial charge is 0.462 e. The van der Waals surface area contributed by atoms with Gasteiger partial charge in [0.2, 0.25) is 0 Å². The molecule has 0 bridgehead atoms. The molecule has 0 fully saturated rings. The quantitative estimate of drug-likeness (QED) is 0.0222. The number of carbonyl (C=O) groups is 4. The SMILES string of the molecule is CCCCCCCCCCCCCCCC(=O)O[C@H](COC(=O)CCCCCCCCCCCC(C)C)COP(=O)(O)OC[C@H](O)COP(=O)(O)OC[C@@H](COC(=O)CCCCCCCCCCCCC(C)CC)OC(=O)CCCCCCCCCCCCCC(C)C. The van der Waals surface area contributed by atoms with E-state index in [0.717, 1.165) is 108 Å². The van der Waals surface area contributed by atoms with Crippen LogP contribution in [0.25, 0.3) is 0 Å². The maximum absolute atomic E-state index is 13.1. The van der Waals surface area contributed by atoms with Crippen molar-refractivity contribution in [2.45, 2.75) is 394 Å². The van der Waals surface area contributed by atoms with Crippen LogP contribution in [0.4, 0.5) is 0 Å². The van der Waals surface area contributed by atoms with Gasteiger partial charge in [0.05, 0.1) is 26.4 Å². The number of unbranched alkanes of at least 4 members (excludes halogenated alkanes) is 39. The minimum Gasteiger partial charge on any atom is -0.462 e. The number of ether oxygens (including phenoxy) is 4. The average molecular weight is 1370 g/mol. The van der Waals surface area contributed by atoms with Gasteiger partial charge >= 0.3 is 39.5 Å². The lowest BCUT2D eigenvalue weighted by Gasteiger charge is -2.21. The van der Waals surface area contributed by atoms with Crippen LogP contribution >= 0.6 is 15.6 Å². The molecular weight excluding hydrogens is 1220 g/mol. The summed E-state index contributed by atoms with van der Waals surface area (Å²) in [6.45, 7) is 11.9. The topological polar surface area (TPSA) is 237 Å². The van der Waals surface area contributed by atoms with Crippen LogP contribution < -0.4 is 0 Å². The molecule has 0 aromatic rings. The molecule has 0 amide bonds.